The minimum Gasteiger partial charge on any atom is -0.376 e. The number of amides is 3. The molecule has 1 aliphatic heterocycles. The number of rotatable bonds is 5. The Balaban J connectivity index is 2.70. The normalized spacial score (nSPS) is 18.4. The number of nitro groups is 1. The van der Waals surface area contributed by atoms with Crippen molar-refractivity contribution in [2.75, 3.05) is 6.73 Å². The second kappa shape index (κ2) is 5.13. The Morgan fingerprint density at radius 3 is 2.61 bits per heavy atom. The van der Waals surface area contributed by atoms with Gasteiger partial charge in [0, 0.05) is 25.2 Å². The topological polar surface area (TPSA) is 113 Å². The molecule has 2 N–H and O–H groups in total. The number of hydrogen-bond acceptors (Lipinski definition) is 5. The predicted octanol–water partition coefficient (Wildman–Crippen LogP) is 0.207. The fraction of sp³-hybridized carbons (Fsp3) is 0.600. The van der Waals surface area contributed by atoms with Gasteiger partial charge in [0.05, 0.1) is 0 Å². The molecule has 0 unspecified atom stereocenters. The molecule has 1 aliphatic rings. The Hall–Kier alpha value is -1.96. The molecule has 1 heterocycles. The molecule has 0 saturated carbocycles. The highest BCUT2D eigenvalue weighted by Gasteiger charge is 2.33. The van der Waals surface area contributed by atoms with Crippen LogP contribution in [0.15, 0.2) is 11.8 Å². The number of carbonyl (C=O) groups is 2. The SMILES string of the molecule is CC(C)(CCC=C1C(=O)NC(=O)N1CO)[N+](=O)[O-]. The van der Waals surface area contributed by atoms with Crippen LogP contribution in [0.25, 0.3) is 0 Å². The van der Waals surface area contributed by atoms with Crippen LogP contribution < -0.4 is 5.32 Å². The molecule has 100 valence electrons. The van der Waals surface area contributed by atoms with E-state index in [0.717, 1.165) is 4.90 Å². The molecule has 1 fully saturated rings. The Kier molecular flexibility index (Phi) is 4.02. The lowest BCUT2D eigenvalue weighted by Crippen LogP contribution is -2.30. The van der Waals surface area contributed by atoms with Crippen molar-refractivity contribution >= 4 is 11.9 Å². The van der Waals surface area contributed by atoms with Gasteiger partial charge in [0.1, 0.15) is 12.4 Å². The predicted molar refractivity (Wildman–Crippen MR) is 60.9 cm³/mol. The zero-order valence-corrected chi connectivity index (χ0v) is 10.2. The number of nitrogens with one attached hydrogen (secondary N) is 1. The number of imide groups is 1. The van der Waals surface area contributed by atoms with E-state index in [1.807, 2.05) is 5.32 Å². The van der Waals surface area contributed by atoms with Gasteiger partial charge in [-0.3, -0.25) is 25.1 Å². The fourth-order valence-corrected chi connectivity index (χ4v) is 1.46. The Morgan fingerprint density at radius 2 is 2.11 bits per heavy atom. The number of carbonyl (C=O) groups excluding carboxylic acids is 2. The van der Waals surface area contributed by atoms with Gasteiger partial charge >= 0.3 is 6.03 Å². The molecular formula is C10H15N3O5. The molecule has 0 aliphatic carbocycles. The summed E-state index contributed by atoms with van der Waals surface area (Å²) >= 11 is 0. The van der Waals surface area contributed by atoms with Crippen molar-refractivity contribution in [2.45, 2.75) is 32.2 Å². The maximum absolute atomic E-state index is 11.4. The third-order valence-corrected chi connectivity index (χ3v) is 2.72. The van der Waals surface area contributed by atoms with E-state index in [9.17, 15) is 19.7 Å². The second-order valence-corrected chi connectivity index (χ2v) is 4.53. The maximum atomic E-state index is 11.4. The number of aliphatic hydroxyl groups is 1. The molecule has 3 amide bonds. The monoisotopic (exact) mass is 257 g/mol. The summed E-state index contributed by atoms with van der Waals surface area (Å²) in [6, 6.07) is -0.692. The van der Waals surface area contributed by atoms with E-state index < -0.39 is 29.1 Å². The van der Waals surface area contributed by atoms with Crippen molar-refractivity contribution in [3.63, 3.8) is 0 Å². The van der Waals surface area contributed by atoms with Gasteiger partial charge in [-0.25, -0.2) is 4.79 Å². The molecule has 0 atom stereocenters. The zero-order valence-electron chi connectivity index (χ0n) is 10.2. The highest BCUT2D eigenvalue weighted by atomic mass is 16.6. The molecular weight excluding hydrogens is 242 g/mol. The Labute approximate surface area is 103 Å². The minimum absolute atomic E-state index is 0.0293. The summed E-state index contributed by atoms with van der Waals surface area (Å²) in [5, 5.41) is 21.6. The average Bonchev–Trinajstić information content (AvgIpc) is 2.53. The van der Waals surface area contributed by atoms with Gasteiger partial charge in [-0.05, 0) is 6.42 Å². The molecule has 0 aromatic heterocycles. The Bertz CT molecular complexity index is 416. The molecule has 0 aromatic rings. The first-order valence-electron chi connectivity index (χ1n) is 5.38. The van der Waals surface area contributed by atoms with E-state index in [-0.39, 0.29) is 18.5 Å². The number of urea groups is 1. The zero-order chi connectivity index (χ0) is 13.9. The van der Waals surface area contributed by atoms with Crippen LogP contribution in [0.3, 0.4) is 0 Å². The van der Waals surface area contributed by atoms with Crippen LogP contribution in [0.2, 0.25) is 0 Å². The number of aliphatic hydroxyl groups excluding tert-OH is 1. The highest BCUT2D eigenvalue weighted by Crippen LogP contribution is 2.18. The van der Waals surface area contributed by atoms with Crippen LogP contribution in [0.4, 0.5) is 4.79 Å². The maximum Gasteiger partial charge on any atom is 0.330 e. The minimum atomic E-state index is -1.10. The van der Waals surface area contributed by atoms with Crippen molar-refractivity contribution in [2.24, 2.45) is 0 Å². The fourth-order valence-electron chi connectivity index (χ4n) is 1.46. The van der Waals surface area contributed by atoms with E-state index in [4.69, 9.17) is 5.11 Å². The van der Waals surface area contributed by atoms with E-state index in [1.165, 1.54) is 19.9 Å². The molecule has 0 aromatic carbocycles. The summed E-state index contributed by atoms with van der Waals surface area (Å²) < 4.78 is 0. The summed E-state index contributed by atoms with van der Waals surface area (Å²) in [6.45, 7) is 2.35. The summed E-state index contributed by atoms with van der Waals surface area (Å²) in [5.74, 6) is -0.604. The molecule has 0 spiro atoms. The lowest BCUT2D eigenvalue weighted by molar-refractivity contribution is -0.561. The van der Waals surface area contributed by atoms with Gasteiger partial charge < -0.3 is 5.11 Å². The van der Waals surface area contributed by atoms with Crippen LogP contribution in [0, 0.1) is 10.1 Å². The summed E-state index contributed by atoms with van der Waals surface area (Å²) in [6.07, 6.45) is 1.91. The molecule has 0 bridgehead atoms. The van der Waals surface area contributed by atoms with Crippen LogP contribution in [0.1, 0.15) is 26.7 Å². The summed E-state index contributed by atoms with van der Waals surface area (Å²) in [7, 11) is 0. The summed E-state index contributed by atoms with van der Waals surface area (Å²) in [5.41, 5.74) is -1.07. The first kappa shape index (κ1) is 14.1. The van der Waals surface area contributed by atoms with Crippen molar-refractivity contribution in [3.05, 3.63) is 21.9 Å². The highest BCUT2D eigenvalue weighted by molar-refractivity contribution is 6.11. The molecule has 18 heavy (non-hydrogen) atoms. The molecule has 1 rings (SSSR count). The van der Waals surface area contributed by atoms with Crippen molar-refractivity contribution < 1.29 is 19.6 Å². The van der Waals surface area contributed by atoms with Gasteiger partial charge in [-0.2, -0.15) is 0 Å². The van der Waals surface area contributed by atoms with Crippen molar-refractivity contribution in [3.8, 4) is 0 Å². The Morgan fingerprint density at radius 1 is 1.50 bits per heavy atom. The van der Waals surface area contributed by atoms with E-state index >= 15 is 0 Å². The second-order valence-electron chi connectivity index (χ2n) is 4.53. The molecule has 8 heteroatoms. The van der Waals surface area contributed by atoms with Gasteiger partial charge in [0.15, 0.2) is 0 Å². The smallest absolute Gasteiger partial charge is 0.330 e. The molecule has 0 radical (unpaired) electrons. The van der Waals surface area contributed by atoms with E-state index in [1.54, 1.807) is 0 Å². The molecule has 1 saturated heterocycles. The first-order valence-corrected chi connectivity index (χ1v) is 5.38. The first-order chi connectivity index (χ1) is 8.29. The van der Waals surface area contributed by atoms with Gasteiger partial charge in [0.25, 0.3) is 5.91 Å². The van der Waals surface area contributed by atoms with Gasteiger partial charge in [-0.1, -0.05) is 6.08 Å². The number of allylic oxidation sites excluding steroid dienone is 1. The lowest BCUT2D eigenvalue weighted by atomic mass is 9.99. The van der Waals surface area contributed by atoms with E-state index in [2.05, 4.69) is 0 Å². The van der Waals surface area contributed by atoms with Crippen LogP contribution in [0.5, 0.6) is 0 Å². The van der Waals surface area contributed by atoms with Crippen molar-refractivity contribution in [1.82, 2.24) is 10.2 Å². The average molecular weight is 257 g/mol. The number of hydrogen-bond donors (Lipinski definition) is 2. The number of nitrogens with zero attached hydrogens (tertiary/aromatic N) is 2. The third kappa shape index (κ3) is 2.83. The van der Waals surface area contributed by atoms with Crippen LogP contribution in [-0.4, -0.2) is 39.1 Å². The van der Waals surface area contributed by atoms with Gasteiger partial charge in [-0.15, -0.1) is 0 Å². The third-order valence-electron chi connectivity index (χ3n) is 2.72. The van der Waals surface area contributed by atoms with Crippen LogP contribution >= 0.6 is 0 Å². The standard InChI is InChI=1S/C10H15N3O5/c1-10(2,13(17)18)5-3-4-7-8(15)11-9(16)12(7)6-14/h4,14H,3,5-6H2,1-2H3,(H,11,15,16). The largest absolute Gasteiger partial charge is 0.376 e. The summed E-state index contributed by atoms with van der Waals surface area (Å²) in [4.78, 5) is 33.7. The van der Waals surface area contributed by atoms with Crippen LogP contribution in [-0.2, 0) is 4.79 Å². The van der Waals surface area contributed by atoms with Crippen molar-refractivity contribution in [1.29, 1.82) is 0 Å². The molecule has 8 nitrogen and oxygen atoms in total. The lowest BCUT2D eigenvalue weighted by Gasteiger charge is -2.15. The quantitative estimate of drug-likeness (QED) is 0.316. The van der Waals surface area contributed by atoms with Gasteiger partial charge in [0.2, 0.25) is 5.54 Å². The van der Waals surface area contributed by atoms with E-state index in [0.29, 0.717) is 0 Å².